The summed E-state index contributed by atoms with van der Waals surface area (Å²) in [5.41, 5.74) is 0.392. The molecule has 2 aromatic carbocycles. The number of benzene rings is 2. The fourth-order valence-corrected chi connectivity index (χ4v) is 3.44. The van der Waals surface area contributed by atoms with E-state index in [-0.39, 0.29) is 16.2 Å². The number of aromatic hydroxyl groups is 1. The summed E-state index contributed by atoms with van der Waals surface area (Å²) in [7, 11) is 0. The zero-order valence-electron chi connectivity index (χ0n) is 14.6. The van der Waals surface area contributed by atoms with Crippen LogP contribution in [-0.2, 0) is 9.59 Å². The maximum atomic E-state index is 12.5. The minimum atomic E-state index is -1.36. The van der Waals surface area contributed by atoms with E-state index in [9.17, 15) is 24.3 Å². The summed E-state index contributed by atoms with van der Waals surface area (Å²) < 4.78 is 0. The second-order valence-electron chi connectivity index (χ2n) is 5.90. The average Bonchev–Trinajstić information content (AvgIpc) is 2.92. The van der Waals surface area contributed by atoms with Crippen molar-refractivity contribution < 1.29 is 29.4 Å². The Hall–Kier alpha value is -3.30. The summed E-state index contributed by atoms with van der Waals surface area (Å²) in [6, 6.07) is 10.2. The largest absolute Gasteiger partial charge is 0.507 e. The van der Waals surface area contributed by atoms with Crippen LogP contribution in [0.5, 0.6) is 5.75 Å². The standard InChI is InChI=1S/C19H13ClN2O6S/c20-11-3-1-10(2-4-11)7-15-17(25)22(19(28)29-15)9-16(24)21-12-5-6-14(23)13(8-12)18(26)27/h1-8,23H,9H2,(H,21,24)(H,26,27)/b15-7+. The highest BCUT2D eigenvalue weighted by molar-refractivity contribution is 8.18. The van der Waals surface area contributed by atoms with E-state index in [0.29, 0.717) is 22.3 Å². The van der Waals surface area contributed by atoms with Crippen molar-refractivity contribution in [2.24, 2.45) is 0 Å². The minimum absolute atomic E-state index is 0.105. The number of carbonyl (C=O) groups excluding carboxylic acids is 3. The first-order chi connectivity index (χ1) is 13.7. The summed E-state index contributed by atoms with van der Waals surface area (Å²) in [6.45, 7) is -0.536. The number of anilines is 1. The van der Waals surface area contributed by atoms with Crippen molar-refractivity contribution in [2.45, 2.75) is 0 Å². The molecular formula is C19H13ClN2O6S. The van der Waals surface area contributed by atoms with Crippen LogP contribution in [0.1, 0.15) is 15.9 Å². The van der Waals surface area contributed by atoms with Crippen molar-refractivity contribution in [1.82, 2.24) is 4.90 Å². The molecule has 0 radical (unpaired) electrons. The average molecular weight is 433 g/mol. The number of nitrogens with one attached hydrogen (secondary N) is 1. The number of halogens is 1. The van der Waals surface area contributed by atoms with Crippen molar-refractivity contribution in [1.29, 1.82) is 0 Å². The van der Waals surface area contributed by atoms with Crippen LogP contribution in [0.25, 0.3) is 6.08 Å². The fourth-order valence-electron chi connectivity index (χ4n) is 2.48. The van der Waals surface area contributed by atoms with E-state index < -0.39 is 35.3 Å². The molecule has 3 rings (SSSR count). The Morgan fingerprint density at radius 2 is 1.83 bits per heavy atom. The molecule has 0 bridgehead atoms. The van der Waals surface area contributed by atoms with Crippen LogP contribution in [0.4, 0.5) is 10.5 Å². The SMILES string of the molecule is O=C(CN1C(=O)S/C(=C/c2ccc(Cl)cc2)C1=O)Nc1ccc(O)c(C(=O)O)c1. The van der Waals surface area contributed by atoms with E-state index in [1.54, 1.807) is 24.3 Å². The molecule has 2 aromatic rings. The maximum Gasteiger partial charge on any atom is 0.339 e. The van der Waals surface area contributed by atoms with Crippen LogP contribution in [0.2, 0.25) is 5.02 Å². The highest BCUT2D eigenvalue weighted by Crippen LogP contribution is 2.32. The van der Waals surface area contributed by atoms with Crippen molar-refractivity contribution in [3.63, 3.8) is 0 Å². The smallest absolute Gasteiger partial charge is 0.339 e. The molecule has 0 aliphatic carbocycles. The Labute approximate surface area is 173 Å². The third-order valence-electron chi connectivity index (χ3n) is 3.85. The number of phenols is 1. The van der Waals surface area contributed by atoms with Crippen LogP contribution in [-0.4, -0.2) is 44.7 Å². The third-order valence-corrected chi connectivity index (χ3v) is 5.01. The summed E-state index contributed by atoms with van der Waals surface area (Å²) in [5, 5.41) is 20.8. The Bertz CT molecular complexity index is 1050. The number of carbonyl (C=O) groups is 4. The number of rotatable bonds is 5. The normalized spacial score (nSPS) is 15.1. The molecule has 0 saturated carbocycles. The Balaban J connectivity index is 1.70. The van der Waals surface area contributed by atoms with Gasteiger partial charge in [-0.05, 0) is 53.7 Å². The number of hydrogen-bond acceptors (Lipinski definition) is 6. The molecule has 8 nitrogen and oxygen atoms in total. The highest BCUT2D eigenvalue weighted by Gasteiger charge is 2.36. The lowest BCUT2D eigenvalue weighted by Gasteiger charge is -2.13. The summed E-state index contributed by atoms with van der Waals surface area (Å²) in [4.78, 5) is 48.8. The van der Waals surface area contributed by atoms with Gasteiger partial charge in [-0.25, -0.2) is 4.79 Å². The molecule has 0 atom stereocenters. The van der Waals surface area contributed by atoms with E-state index >= 15 is 0 Å². The first-order valence-corrected chi connectivity index (χ1v) is 9.31. The van der Waals surface area contributed by atoms with Gasteiger partial charge in [-0.1, -0.05) is 23.7 Å². The fraction of sp³-hybridized carbons (Fsp3) is 0.0526. The van der Waals surface area contributed by atoms with Gasteiger partial charge in [0.15, 0.2) is 0 Å². The second kappa shape index (κ2) is 8.38. The molecule has 1 fully saturated rings. The number of amides is 3. The highest BCUT2D eigenvalue weighted by atomic mass is 35.5. The van der Waals surface area contributed by atoms with Crippen LogP contribution in [0, 0.1) is 0 Å². The minimum Gasteiger partial charge on any atom is -0.507 e. The topological polar surface area (TPSA) is 124 Å². The number of aromatic carboxylic acids is 1. The zero-order chi connectivity index (χ0) is 21.1. The molecule has 1 heterocycles. The predicted octanol–water partition coefficient (Wildman–Crippen LogP) is 3.42. The molecule has 1 aliphatic rings. The summed E-state index contributed by atoms with van der Waals surface area (Å²) in [6.07, 6.45) is 1.53. The van der Waals surface area contributed by atoms with E-state index in [1.807, 2.05) is 0 Å². The molecule has 3 amide bonds. The summed E-state index contributed by atoms with van der Waals surface area (Å²) in [5.74, 6) is -3.12. The van der Waals surface area contributed by atoms with Gasteiger partial charge in [0.1, 0.15) is 17.9 Å². The van der Waals surface area contributed by atoms with Crippen LogP contribution in [0.3, 0.4) is 0 Å². The van der Waals surface area contributed by atoms with Gasteiger partial charge < -0.3 is 15.5 Å². The quantitative estimate of drug-likeness (QED) is 0.488. The van der Waals surface area contributed by atoms with Crippen molar-refractivity contribution in [2.75, 3.05) is 11.9 Å². The molecular weight excluding hydrogens is 420 g/mol. The van der Waals surface area contributed by atoms with Gasteiger partial charge in [0, 0.05) is 10.7 Å². The molecule has 1 saturated heterocycles. The lowest BCUT2D eigenvalue weighted by atomic mass is 10.2. The first-order valence-electron chi connectivity index (χ1n) is 8.11. The number of thioether (sulfide) groups is 1. The number of carboxylic acids is 1. The zero-order valence-corrected chi connectivity index (χ0v) is 16.2. The van der Waals surface area contributed by atoms with Crippen LogP contribution in [0.15, 0.2) is 47.4 Å². The van der Waals surface area contributed by atoms with E-state index in [0.717, 1.165) is 17.0 Å². The molecule has 29 heavy (non-hydrogen) atoms. The first kappa shape index (κ1) is 20.4. The summed E-state index contributed by atoms with van der Waals surface area (Å²) >= 11 is 6.53. The Kier molecular flexibility index (Phi) is 5.90. The molecule has 1 aliphatic heterocycles. The van der Waals surface area contributed by atoms with Crippen LogP contribution < -0.4 is 5.32 Å². The maximum absolute atomic E-state index is 12.5. The van der Waals surface area contributed by atoms with Crippen molar-refractivity contribution in [3.05, 3.63) is 63.5 Å². The van der Waals surface area contributed by atoms with Gasteiger partial charge in [0.2, 0.25) is 5.91 Å². The van der Waals surface area contributed by atoms with Gasteiger partial charge >= 0.3 is 5.97 Å². The van der Waals surface area contributed by atoms with Crippen molar-refractivity contribution in [3.8, 4) is 5.75 Å². The number of nitrogens with zero attached hydrogens (tertiary/aromatic N) is 1. The molecule has 10 heteroatoms. The molecule has 3 N–H and O–H groups in total. The van der Waals surface area contributed by atoms with E-state index in [4.69, 9.17) is 16.7 Å². The molecule has 148 valence electrons. The molecule has 0 unspecified atom stereocenters. The van der Waals surface area contributed by atoms with Gasteiger partial charge in [-0.2, -0.15) is 0 Å². The third kappa shape index (κ3) is 4.76. The van der Waals surface area contributed by atoms with E-state index in [1.165, 1.54) is 12.1 Å². The predicted molar refractivity (Wildman–Crippen MR) is 108 cm³/mol. The van der Waals surface area contributed by atoms with Gasteiger partial charge in [-0.15, -0.1) is 0 Å². The van der Waals surface area contributed by atoms with Crippen LogP contribution >= 0.6 is 23.4 Å². The lowest BCUT2D eigenvalue weighted by molar-refractivity contribution is -0.127. The van der Waals surface area contributed by atoms with E-state index in [2.05, 4.69) is 5.32 Å². The Morgan fingerprint density at radius 3 is 2.48 bits per heavy atom. The number of imide groups is 1. The second-order valence-corrected chi connectivity index (χ2v) is 7.33. The monoisotopic (exact) mass is 432 g/mol. The van der Waals surface area contributed by atoms with Gasteiger partial charge in [0.05, 0.1) is 4.91 Å². The van der Waals surface area contributed by atoms with Gasteiger partial charge in [-0.3, -0.25) is 19.3 Å². The molecule has 0 spiro atoms. The number of hydrogen-bond donors (Lipinski definition) is 3. The molecule has 0 aromatic heterocycles. The van der Waals surface area contributed by atoms with Gasteiger partial charge in [0.25, 0.3) is 11.1 Å². The number of carboxylic acid groups (broad SMARTS) is 1. The Morgan fingerprint density at radius 1 is 1.14 bits per heavy atom. The lowest BCUT2D eigenvalue weighted by Crippen LogP contribution is -2.36. The van der Waals surface area contributed by atoms with Crippen molar-refractivity contribution >= 4 is 58.1 Å².